The van der Waals surface area contributed by atoms with Gasteiger partial charge in [-0.3, -0.25) is 0 Å². The predicted molar refractivity (Wildman–Crippen MR) is 106 cm³/mol. The van der Waals surface area contributed by atoms with Gasteiger partial charge in [0.15, 0.2) is 5.82 Å². The first kappa shape index (κ1) is 18.6. The van der Waals surface area contributed by atoms with Crippen LogP contribution in [0, 0.1) is 13.8 Å². The fourth-order valence-electron chi connectivity index (χ4n) is 3.19. The average Bonchev–Trinajstić information content (AvgIpc) is 3.15. The molecule has 1 aromatic carbocycles. The summed E-state index contributed by atoms with van der Waals surface area (Å²) >= 11 is 0. The van der Waals surface area contributed by atoms with Crippen LogP contribution in [0.1, 0.15) is 11.3 Å². The number of sulfonamides is 1. The zero-order valence-electron chi connectivity index (χ0n) is 15.9. The minimum Gasteiger partial charge on any atom is -0.354 e. The Morgan fingerprint density at radius 1 is 0.893 bits per heavy atom. The molecule has 3 heterocycles. The summed E-state index contributed by atoms with van der Waals surface area (Å²) in [5.41, 5.74) is 1.95. The van der Waals surface area contributed by atoms with Crippen molar-refractivity contribution in [2.45, 2.75) is 18.7 Å². The van der Waals surface area contributed by atoms with Crippen LogP contribution >= 0.6 is 0 Å². The Balaban J connectivity index is 1.48. The van der Waals surface area contributed by atoms with Crippen LogP contribution in [0.25, 0.3) is 5.82 Å². The highest BCUT2D eigenvalue weighted by molar-refractivity contribution is 7.89. The van der Waals surface area contributed by atoms with E-state index in [1.54, 1.807) is 16.8 Å². The SMILES string of the molecule is Cc1ccc(S(=O)(=O)N2CCN(c3cc(-n4ccc(C)n4)ncn3)CC2)cc1. The number of anilines is 1. The van der Waals surface area contributed by atoms with Gasteiger partial charge in [0, 0.05) is 38.4 Å². The van der Waals surface area contributed by atoms with Gasteiger partial charge in [-0.1, -0.05) is 17.7 Å². The van der Waals surface area contributed by atoms with Gasteiger partial charge in [-0.25, -0.2) is 23.1 Å². The van der Waals surface area contributed by atoms with E-state index in [-0.39, 0.29) is 0 Å². The molecule has 0 radical (unpaired) electrons. The van der Waals surface area contributed by atoms with Crippen molar-refractivity contribution in [2.75, 3.05) is 31.1 Å². The van der Waals surface area contributed by atoms with E-state index >= 15 is 0 Å². The topological polar surface area (TPSA) is 84.2 Å². The Morgan fingerprint density at radius 3 is 2.21 bits per heavy atom. The summed E-state index contributed by atoms with van der Waals surface area (Å²) in [5.74, 6) is 1.46. The van der Waals surface area contributed by atoms with Gasteiger partial charge in [-0.15, -0.1) is 0 Å². The molecule has 0 spiro atoms. The molecule has 0 bridgehead atoms. The summed E-state index contributed by atoms with van der Waals surface area (Å²) in [6.45, 7) is 5.83. The lowest BCUT2D eigenvalue weighted by Gasteiger charge is -2.34. The van der Waals surface area contributed by atoms with Crippen LogP contribution in [-0.2, 0) is 10.0 Å². The molecular weight excluding hydrogens is 376 g/mol. The first-order chi connectivity index (χ1) is 13.4. The lowest BCUT2D eigenvalue weighted by Crippen LogP contribution is -2.48. The van der Waals surface area contributed by atoms with Crippen LogP contribution in [-0.4, -0.2) is 58.7 Å². The van der Waals surface area contributed by atoms with E-state index in [1.807, 2.05) is 44.3 Å². The maximum atomic E-state index is 12.9. The Hall–Kier alpha value is -2.78. The lowest BCUT2D eigenvalue weighted by molar-refractivity contribution is 0.383. The molecule has 0 atom stereocenters. The van der Waals surface area contributed by atoms with Crippen molar-refractivity contribution >= 4 is 15.8 Å². The highest BCUT2D eigenvalue weighted by Gasteiger charge is 2.29. The van der Waals surface area contributed by atoms with Gasteiger partial charge < -0.3 is 4.90 Å². The van der Waals surface area contributed by atoms with Crippen molar-refractivity contribution in [3.05, 3.63) is 60.2 Å². The molecule has 0 N–H and O–H groups in total. The Bertz CT molecular complexity index is 1070. The van der Waals surface area contributed by atoms with E-state index in [2.05, 4.69) is 20.0 Å². The minimum absolute atomic E-state index is 0.338. The maximum Gasteiger partial charge on any atom is 0.243 e. The van der Waals surface area contributed by atoms with Crippen molar-refractivity contribution < 1.29 is 8.42 Å². The second-order valence-electron chi connectivity index (χ2n) is 6.84. The summed E-state index contributed by atoms with van der Waals surface area (Å²) in [6, 6.07) is 10.8. The van der Waals surface area contributed by atoms with Crippen molar-refractivity contribution in [3.8, 4) is 5.82 Å². The molecule has 9 heteroatoms. The summed E-state index contributed by atoms with van der Waals surface area (Å²) in [7, 11) is -3.47. The fourth-order valence-corrected chi connectivity index (χ4v) is 4.62. The van der Waals surface area contributed by atoms with Crippen LogP contribution in [0.5, 0.6) is 0 Å². The van der Waals surface area contributed by atoms with Crippen molar-refractivity contribution in [2.24, 2.45) is 0 Å². The van der Waals surface area contributed by atoms with Gasteiger partial charge in [0.1, 0.15) is 12.1 Å². The van der Waals surface area contributed by atoms with Crippen LogP contribution in [0.4, 0.5) is 5.82 Å². The highest BCUT2D eigenvalue weighted by atomic mass is 32.2. The third-order valence-corrected chi connectivity index (χ3v) is 6.73. The molecule has 1 saturated heterocycles. The van der Waals surface area contributed by atoms with Crippen molar-refractivity contribution in [3.63, 3.8) is 0 Å². The molecule has 4 rings (SSSR count). The van der Waals surface area contributed by atoms with Crippen LogP contribution in [0.3, 0.4) is 0 Å². The monoisotopic (exact) mass is 398 g/mol. The van der Waals surface area contributed by atoms with Gasteiger partial charge in [0.25, 0.3) is 0 Å². The van der Waals surface area contributed by atoms with Gasteiger partial charge in [0.2, 0.25) is 10.0 Å². The summed E-state index contributed by atoms with van der Waals surface area (Å²) < 4.78 is 28.9. The highest BCUT2D eigenvalue weighted by Crippen LogP contribution is 2.21. The molecule has 1 fully saturated rings. The van der Waals surface area contributed by atoms with E-state index < -0.39 is 10.0 Å². The number of nitrogens with zero attached hydrogens (tertiary/aromatic N) is 6. The predicted octanol–water partition coefficient (Wildman–Crippen LogP) is 1.79. The van der Waals surface area contributed by atoms with Gasteiger partial charge in [-0.05, 0) is 32.0 Å². The number of hydrogen-bond acceptors (Lipinski definition) is 6. The molecule has 2 aromatic heterocycles. The summed E-state index contributed by atoms with van der Waals surface area (Å²) in [6.07, 6.45) is 3.37. The Labute approximate surface area is 164 Å². The Kier molecular flexibility index (Phi) is 4.86. The first-order valence-corrected chi connectivity index (χ1v) is 10.5. The molecule has 1 aliphatic heterocycles. The number of aromatic nitrogens is 4. The largest absolute Gasteiger partial charge is 0.354 e. The number of rotatable bonds is 4. The number of aryl methyl sites for hydroxylation is 2. The van der Waals surface area contributed by atoms with Crippen LogP contribution in [0.2, 0.25) is 0 Å². The van der Waals surface area contributed by atoms with Crippen molar-refractivity contribution in [1.29, 1.82) is 0 Å². The number of piperazine rings is 1. The average molecular weight is 398 g/mol. The molecule has 28 heavy (non-hydrogen) atoms. The van der Waals surface area contributed by atoms with Crippen molar-refractivity contribution in [1.82, 2.24) is 24.1 Å². The van der Waals surface area contributed by atoms with Gasteiger partial charge >= 0.3 is 0 Å². The van der Waals surface area contributed by atoms with Gasteiger partial charge in [0.05, 0.1) is 10.6 Å². The Morgan fingerprint density at radius 2 is 1.57 bits per heavy atom. The molecule has 0 amide bonds. The molecule has 1 aliphatic rings. The van der Waals surface area contributed by atoms with E-state index in [0.717, 1.165) is 17.1 Å². The molecule has 3 aromatic rings. The van der Waals surface area contributed by atoms with E-state index in [4.69, 9.17) is 0 Å². The van der Waals surface area contributed by atoms with E-state index in [1.165, 1.54) is 10.6 Å². The fraction of sp³-hybridized carbons (Fsp3) is 0.316. The molecule has 8 nitrogen and oxygen atoms in total. The molecule has 0 unspecified atom stereocenters. The second kappa shape index (κ2) is 7.33. The van der Waals surface area contributed by atoms with E-state index in [9.17, 15) is 8.42 Å². The lowest BCUT2D eigenvalue weighted by atomic mass is 10.2. The normalized spacial score (nSPS) is 15.7. The summed E-state index contributed by atoms with van der Waals surface area (Å²) in [5, 5.41) is 4.37. The minimum atomic E-state index is -3.47. The molecule has 0 saturated carbocycles. The smallest absolute Gasteiger partial charge is 0.243 e. The zero-order chi connectivity index (χ0) is 19.7. The molecular formula is C19H22N6O2S. The third-order valence-electron chi connectivity index (χ3n) is 4.82. The standard InChI is InChI=1S/C19H22N6O2S/c1-15-3-5-17(6-4-15)28(26,27)24-11-9-23(10-12-24)18-13-19(21-14-20-18)25-8-7-16(2)22-25/h3-8,13-14H,9-12H2,1-2H3. The summed E-state index contributed by atoms with van der Waals surface area (Å²) in [4.78, 5) is 11.0. The zero-order valence-corrected chi connectivity index (χ0v) is 16.7. The second-order valence-corrected chi connectivity index (χ2v) is 8.78. The van der Waals surface area contributed by atoms with Crippen LogP contribution in [0.15, 0.2) is 53.8 Å². The number of benzene rings is 1. The molecule has 146 valence electrons. The number of hydrogen-bond donors (Lipinski definition) is 0. The molecule has 0 aliphatic carbocycles. The van der Waals surface area contributed by atoms with E-state index in [0.29, 0.717) is 36.9 Å². The van der Waals surface area contributed by atoms with Crippen LogP contribution < -0.4 is 4.90 Å². The quantitative estimate of drug-likeness (QED) is 0.666. The third kappa shape index (κ3) is 3.63. The maximum absolute atomic E-state index is 12.9. The first-order valence-electron chi connectivity index (χ1n) is 9.10. The van der Waals surface area contributed by atoms with Gasteiger partial charge in [-0.2, -0.15) is 9.40 Å².